The molecule has 0 radical (unpaired) electrons. The summed E-state index contributed by atoms with van der Waals surface area (Å²) in [7, 11) is 0. The van der Waals surface area contributed by atoms with Crippen molar-refractivity contribution in [1.29, 1.82) is 0 Å². The fraction of sp³-hybridized carbons (Fsp3) is 0.375. The van der Waals surface area contributed by atoms with Crippen molar-refractivity contribution in [3.8, 4) is 5.69 Å². The summed E-state index contributed by atoms with van der Waals surface area (Å²) in [5.41, 5.74) is 1.11. The van der Waals surface area contributed by atoms with Gasteiger partial charge in [0.2, 0.25) is 5.95 Å². The van der Waals surface area contributed by atoms with Gasteiger partial charge in [-0.2, -0.15) is 0 Å². The van der Waals surface area contributed by atoms with Gasteiger partial charge in [-0.3, -0.25) is 4.57 Å². The lowest BCUT2D eigenvalue weighted by molar-refractivity contribution is 0.564. The molecule has 4 nitrogen and oxygen atoms in total. The van der Waals surface area contributed by atoms with E-state index < -0.39 is 0 Å². The number of rotatable bonds is 5. The summed E-state index contributed by atoms with van der Waals surface area (Å²) >= 11 is 5.06. The van der Waals surface area contributed by atoms with Crippen molar-refractivity contribution >= 4 is 33.6 Å². The zero-order valence-electron chi connectivity index (χ0n) is 12.4. The monoisotopic (exact) mass is 378 g/mol. The van der Waals surface area contributed by atoms with Gasteiger partial charge in [0.25, 0.3) is 0 Å². The van der Waals surface area contributed by atoms with Crippen molar-refractivity contribution < 1.29 is 0 Å². The van der Waals surface area contributed by atoms with Crippen LogP contribution >= 0.6 is 27.7 Å². The van der Waals surface area contributed by atoms with E-state index in [2.05, 4.69) is 54.3 Å². The molecule has 0 N–H and O–H groups in total. The second-order valence-corrected chi connectivity index (χ2v) is 7.37. The third-order valence-corrected chi connectivity index (χ3v) is 5.29. The highest BCUT2D eigenvalue weighted by Crippen LogP contribution is 2.29. The minimum atomic E-state index is 0.783. The molecule has 1 aromatic carbocycles. The van der Waals surface area contributed by atoms with Crippen molar-refractivity contribution in [3.05, 3.63) is 41.4 Å². The largest absolute Gasteiger partial charge is 0.341 e. The normalized spacial score (nSPS) is 15.0. The number of halogens is 1. The molecule has 1 aromatic heterocycles. The van der Waals surface area contributed by atoms with Gasteiger partial charge in [-0.1, -0.05) is 52.5 Å². The average Bonchev–Trinajstić information content (AvgIpc) is 2.98. The molecule has 1 fully saturated rings. The molecule has 0 amide bonds. The van der Waals surface area contributed by atoms with Crippen LogP contribution in [0.2, 0.25) is 0 Å². The lowest BCUT2D eigenvalue weighted by Crippen LogP contribution is -2.31. The van der Waals surface area contributed by atoms with Crippen molar-refractivity contribution in [3.63, 3.8) is 0 Å². The predicted octanol–water partition coefficient (Wildman–Crippen LogP) is 4.26. The zero-order valence-corrected chi connectivity index (χ0v) is 14.8. The van der Waals surface area contributed by atoms with Crippen LogP contribution in [0.4, 0.5) is 5.95 Å². The van der Waals surface area contributed by atoms with Crippen molar-refractivity contribution in [2.75, 3.05) is 23.7 Å². The molecule has 1 aliphatic rings. The maximum absolute atomic E-state index is 4.47. The predicted molar refractivity (Wildman–Crippen MR) is 96.2 cm³/mol. The summed E-state index contributed by atoms with van der Waals surface area (Å²) in [5, 5.41) is 9.79. The number of piperidine rings is 1. The van der Waals surface area contributed by atoms with E-state index in [9.17, 15) is 0 Å². The van der Waals surface area contributed by atoms with Gasteiger partial charge in [-0.25, -0.2) is 0 Å². The summed E-state index contributed by atoms with van der Waals surface area (Å²) in [6.45, 7) is 6.01. The highest BCUT2D eigenvalue weighted by molar-refractivity contribution is 9.11. The topological polar surface area (TPSA) is 34.0 Å². The molecule has 0 aliphatic carbocycles. The standard InChI is InChI=1S/C16H19BrN4S/c1-13(17)12-22-16-19-18-15(20-10-6-3-7-11-20)21(16)14-8-4-2-5-9-14/h2,4-5,8-9H,1,3,6-7,10-12H2. The molecule has 1 saturated heterocycles. The molecule has 0 saturated carbocycles. The summed E-state index contributed by atoms with van der Waals surface area (Å²) in [6.07, 6.45) is 3.76. The van der Waals surface area contributed by atoms with E-state index >= 15 is 0 Å². The number of benzene rings is 1. The van der Waals surface area contributed by atoms with Crippen molar-refractivity contribution in [2.24, 2.45) is 0 Å². The number of thioether (sulfide) groups is 1. The third kappa shape index (κ3) is 3.55. The van der Waals surface area contributed by atoms with Crippen LogP contribution in [0.15, 0.2) is 46.5 Å². The average molecular weight is 379 g/mol. The Bertz CT molecular complexity index is 635. The zero-order chi connectivity index (χ0) is 15.4. The summed E-state index contributed by atoms with van der Waals surface area (Å²) < 4.78 is 3.12. The van der Waals surface area contributed by atoms with E-state index in [-0.39, 0.29) is 0 Å². The van der Waals surface area contributed by atoms with Gasteiger partial charge in [0.05, 0.1) is 5.69 Å². The number of aromatic nitrogens is 3. The Balaban J connectivity index is 1.97. The summed E-state index contributed by atoms with van der Waals surface area (Å²) in [4.78, 5) is 2.34. The minimum absolute atomic E-state index is 0.783. The molecule has 1 aliphatic heterocycles. The van der Waals surface area contributed by atoms with Crippen LogP contribution in [-0.4, -0.2) is 33.6 Å². The Morgan fingerprint density at radius 1 is 1.14 bits per heavy atom. The maximum atomic E-state index is 4.47. The molecular formula is C16H19BrN4S. The first-order valence-electron chi connectivity index (χ1n) is 7.47. The number of nitrogens with zero attached hydrogens (tertiary/aromatic N) is 4. The lowest BCUT2D eigenvalue weighted by Gasteiger charge is -2.27. The van der Waals surface area contributed by atoms with Gasteiger partial charge in [0.15, 0.2) is 5.16 Å². The number of hydrogen-bond acceptors (Lipinski definition) is 4. The van der Waals surface area contributed by atoms with Crippen molar-refractivity contribution in [2.45, 2.75) is 24.4 Å². The third-order valence-electron chi connectivity index (χ3n) is 3.63. The number of para-hydroxylation sites is 1. The Kier molecular flexibility index (Phi) is 5.20. The van der Waals surface area contributed by atoms with E-state index in [1.54, 1.807) is 11.8 Å². The highest BCUT2D eigenvalue weighted by Gasteiger charge is 2.21. The number of hydrogen-bond donors (Lipinski definition) is 0. The molecular weight excluding hydrogens is 360 g/mol. The fourth-order valence-corrected chi connectivity index (χ4v) is 3.64. The van der Waals surface area contributed by atoms with Crippen LogP contribution in [0.1, 0.15) is 19.3 Å². The Hall–Kier alpha value is -1.27. The molecule has 22 heavy (non-hydrogen) atoms. The molecule has 6 heteroatoms. The first-order valence-corrected chi connectivity index (χ1v) is 9.25. The van der Waals surface area contributed by atoms with Gasteiger partial charge in [0, 0.05) is 18.8 Å². The smallest absolute Gasteiger partial charge is 0.232 e. The first-order chi connectivity index (χ1) is 10.8. The Morgan fingerprint density at radius 3 is 2.55 bits per heavy atom. The van der Waals surface area contributed by atoms with E-state index in [0.717, 1.165) is 40.1 Å². The molecule has 0 spiro atoms. The molecule has 3 rings (SSSR count). The molecule has 0 atom stereocenters. The fourth-order valence-electron chi connectivity index (χ4n) is 2.60. The number of anilines is 1. The van der Waals surface area contributed by atoms with Crippen LogP contribution in [0.3, 0.4) is 0 Å². The van der Waals surface area contributed by atoms with Crippen LogP contribution in [0.25, 0.3) is 5.69 Å². The van der Waals surface area contributed by atoms with Crippen LogP contribution in [0.5, 0.6) is 0 Å². The molecule has 0 unspecified atom stereocenters. The minimum Gasteiger partial charge on any atom is -0.341 e. The van der Waals surface area contributed by atoms with Gasteiger partial charge in [0.1, 0.15) is 0 Å². The SMILES string of the molecule is C=C(Br)CSc1nnc(N2CCCCC2)n1-c1ccccc1. The maximum Gasteiger partial charge on any atom is 0.232 e. The van der Waals surface area contributed by atoms with Crippen LogP contribution in [0, 0.1) is 0 Å². The van der Waals surface area contributed by atoms with E-state index in [4.69, 9.17) is 0 Å². The van der Waals surface area contributed by atoms with Gasteiger partial charge in [-0.05, 0) is 35.9 Å². The van der Waals surface area contributed by atoms with E-state index in [1.807, 2.05) is 18.2 Å². The van der Waals surface area contributed by atoms with Crippen molar-refractivity contribution in [1.82, 2.24) is 14.8 Å². The summed E-state index contributed by atoms with van der Waals surface area (Å²) in [5.74, 6) is 1.74. The van der Waals surface area contributed by atoms with E-state index in [1.165, 1.54) is 19.3 Å². The Labute approximate surface area is 143 Å². The lowest BCUT2D eigenvalue weighted by atomic mass is 10.1. The van der Waals surface area contributed by atoms with Gasteiger partial charge in [-0.15, -0.1) is 10.2 Å². The molecule has 2 aromatic rings. The highest BCUT2D eigenvalue weighted by atomic mass is 79.9. The second-order valence-electron chi connectivity index (χ2n) is 5.31. The first kappa shape index (κ1) is 15.6. The molecule has 2 heterocycles. The molecule has 116 valence electrons. The second kappa shape index (κ2) is 7.33. The Morgan fingerprint density at radius 2 is 1.86 bits per heavy atom. The van der Waals surface area contributed by atoms with Crippen LogP contribution in [-0.2, 0) is 0 Å². The van der Waals surface area contributed by atoms with Gasteiger partial charge < -0.3 is 4.90 Å². The molecule has 0 bridgehead atoms. The summed E-state index contributed by atoms with van der Waals surface area (Å²) in [6, 6.07) is 10.3. The quantitative estimate of drug-likeness (QED) is 0.727. The van der Waals surface area contributed by atoms with Crippen LogP contribution < -0.4 is 4.90 Å². The van der Waals surface area contributed by atoms with Gasteiger partial charge >= 0.3 is 0 Å². The van der Waals surface area contributed by atoms with E-state index in [0.29, 0.717) is 0 Å².